The first-order valence-corrected chi connectivity index (χ1v) is 9.53. The van der Waals surface area contributed by atoms with Crippen LogP contribution in [0.1, 0.15) is 26.7 Å². The number of rotatable bonds is 4. The molecule has 8 heteroatoms. The summed E-state index contributed by atoms with van der Waals surface area (Å²) in [6.45, 7) is 3.90. The Balaban J connectivity index is 0.00000280. The number of amides is 1. The number of carbonyl (C=O) groups is 2. The Bertz CT molecular complexity index is 782. The summed E-state index contributed by atoms with van der Waals surface area (Å²) in [6.07, 6.45) is 4.75. The van der Waals surface area contributed by atoms with Gasteiger partial charge in [0.25, 0.3) is 5.91 Å². The van der Waals surface area contributed by atoms with Gasteiger partial charge in [0.15, 0.2) is 0 Å². The normalized spacial score (nSPS) is 24.2. The van der Waals surface area contributed by atoms with Gasteiger partial charge in [0.1, 0.15) is 23.6 Å². The molecule has 0 aromatic heterocycles. The van der Waals surface area contributed by atoms with Crippen molar-refractivity contribution in [3.63, 3.8) is 0 Å². The second-order valence-electron chi connectivity index (χ2n) is 6.85. The van der Waals surface area contributed by atoms with Gasteiger partial charge in [0.2, 0.25) is 0 Å². The highest BCUT2D eigenvalue weighted by Gasteiger charge is 2.44. The maximum atomic E-state index is 13.0. The highest BCUT2D eigenvalue weighted by atomic mass is 35.5. The summed E-state index contributed by atoms with van der Waals surface area (Å²) < 4.78 is 6.43. The third-order valence-electron chi connectivity index (χ3n) is 5.00. The first kappa shape index (κ1) is 22.3. The molecular formula is C20H25Cl2N3O3. The largest absolute Gasteiger partial charge is 1.00 e. The minimum atomic E-state index is -0.637. The van der Waals surface area contributed by atoms with Crippen LogP contribution in [-0.4, -0.2) is 47.1 Å². The fourth-order valence-corrected chi connectivity index (χ4v) is 3.92. The summed E-state index contributed by atoms with van der Waals surface area (Å²) in [5, 5.41) is 0. The van der Waals surface area contributed by atoms with E-state index in [1.165, 1.54) is 10.6 Å². The van der Waals surface area contributed by atoms with E-state index < -0.39 is 12.1 Å². The van der Waals surface area contributed by atoms with E-state index in [1.54, 1.807) is 11.8 Å². The van der Waals surface area contributed by atoms with E-state index in [4.69, 9.17) is 16.5 Å². The molecular weight excluding hydrogens is 401 g/mol. The summed E-state index contributed by atoms with van der Waals surface area (Å²) in [6, 6.07) is 10.1. The van der Waals surface area contributed by atoms with Gasteiger partial charge < -0.3 is 22.0 Å². The number of hydrogen-bond donors (Lipinski definition) is 1. The molecule has 1 amide bonds. The molecule has 1 N–H and O–H groups in total. The number of nitrogens with one attached hydrogen (secondary N) is 1. The monoisotopic (exact) mass is 425 g/mol. The zero-order valence-corrected chi connectivity index (χ0v) is 17.7. The number of esters is 1. The number of fused-ring (bicyclic) bond motifs is 1. The number of ether oxygens (including phenoxy) is 1. The molecule has 6 nitrogen and oxygen atoms in total. The molecule has 3 atom stereocenters. The van der Waals surface area contributed by atoms with Crippen LogP contribution in [0.2, 0.25) is 0 Å². The summed E-state index contributed by atoms with van der Waals surface area (Å²) in [4.78, 5) is 27.9. The minimum Gasteiger partial charge on any atom is -1.00 e. The van der Waals surface area contributed by atoms with Crippen LogP contribution in [0.3, 0.4) is 0 Å². The predicted molar refractivity (Wildman–Crippen MR) is 103 cm³/mol. The number of para-hydroxylation sites is 1. The first-order chi connectivity index (χ1) is 12.9. The number of piperidine rings is 1. The molecule has 3 rings (SSSR count). The Morgan fingerprint density at radius 1 is 1.36 bits per heavy atom. The number of carbonyl (C=O) groups excluding carboxylic acids is 2. The summed E-state index contributed by atoms with van der Waals surface area (Å²) >= 11 is 6.49. The molecule has 0 aliphatic carbocycles. The fraction of sp³-hybridized carbons (Fsp3) is 0.400. The molecule has 28 heavy (non-hydrogen) atoms. The first-order valence-electron chi connectivity index (χ1n) is 9.19. The fourth-order valence-electron chi connectivity index (χ4n) is 3.60. The number of nitrogens with zero attached hydrogens (tertiary/aromatic N) is 2. The molecule has 1 saturated heterocycles. The van der Waals surface area contributed by atoms with Crippen molar-refractivity contribution in [3.05, 3.63) is 53.9 Å². The molecule has 3 unspecified atom stereocenters. The van der Waals surface area contributed by atoms with Gasteiger partial charge in [-0.2, -0.15) is 0 Å². The van der Waals surface area contributed by atoms with Crippen LogP contribution < -0.4 is 17.3 Å². The quantitative estimate of drug-likeness (QED) is 0.381. The van der Waals surface area contributed by atoms with Gasteiger partial charge in [-0.3, -0.25) is 14.1 Å². The van der Waals surface area contributed by atoms with E-state index in [0.29, 0.717) is 0 Å². The smallest absolute Gasteiger partial charge is 0.345 e. The third kappa shape index (κ3) is 4.35. The van der Waals surface area contributed by atoms with Crippen molar-refractivity contribution in [1.29, 1.82) is 0 Å². The molecule has 2 aliphatic heterocycles. The number of quaternary nitrogens is 1. The van der Waals surface area contributed by atoms with E-state index in [0.717, 1.165) is 29.0 Å². The number of halogens is 2. The van der Waals surface area contributed by atoms with E-state index in [1.807, 2.05) is 32.2 Å². The predicted octanol–water partition coefficient (Wildman–Crippen LogP) is -1.03. The molecule has 1 aromatic carbocycles. The van der Waals surface area contributed by atoms with Crippen LogP contribution in [0.5, 0.6) is 0 Å². The van der Waals surface area contributed by atoms with Crippen LogP contribution in [0.4, 0.5) is 5.69 Å². The molecule has 2 aliphatic rings. The molecule has 0 spiro atoms. The highest BCUT2D eigenvalue weighted by Crippen LogP contribution is 2.35. The van der Waals surface area contributed by atoms with Crippen molar-refractivity contribution < 1.29 is 31.6 Å². The Kier molecular flexibility index (Phi) is 7.52. The zero-order valence-electron chi connectivity index (χ0n) is 16.2. The zero-order chi connectivity index (χ0) is 19.6. The molecule has 152 valence electrons. The van der Waals surface area contributed by atoms with Crippen molar-refractivity contribution in [2.24, 2.45) is 0 Å². The van der Waals surface area contributed by atoms with Crippen molar-refractivity contribution >= 4 is 29.3 Å². The van der Waals surface area contributed by atoms with Gasteiger partial charge in [-0.1, -0.05) is 18.2 Å². The topological polar surface area (TPSA) is 54.3 Å². The van der Waals surface area contributed by atoms with Gasteiger partial charge in [0, 0.05) is 29.6 Å². The van der Waals surface area contributed by atoms with Crippen molar-refractivity contribution in [2.75, 3.05) is 13.7 Å². The van der Waals surface area contributed by atoms with E-state index >= 15 is 0 Å². The molecule has 0 bridgehead atoms. The summed E-state index contributed by atoms with van der Waals surface area (Å²) in [5.74, 6) is -0.965. The molecule has 1 fully saturated rings. The summed E-state index contributed by atoms with van der Waals surface area (Å²) in [7, 11) is 2.05. The van der Waals surface area contributed by atoms with Crippen molar-refractivity contribution in [1.82, 2.24) is 9.32 Å². The SMILES string of the molecule is CCOC(=O)C1=CN(Cl)C2C(=C[NH+](C)c3ccccc3)CCC(C)N2C1=O.[Cl-]. The van der Waals surface area contributed by atoms with Gasteiger partial charge in [-0.05, 0) is 38.8 Å². The van der Waals surface area contributed by atoms with Crippen LogP contribution in [0.15, 0.2) is 53.9 Å². The maximum Gasteiger partial charge on any atom is 0.345 e. The van der Waals surface area contributed by atoms with Crippen molar-refractivity contribution in [2.45, 2.75) is 38.9 Å². The van der Waals surface area contributed by atoms with Crippen molar-refractivity contribution in [3.8, 4) is 0 Å². The van der Waals surface area contributed by atoms with Crippen LogP contribution in [-0.2, 0) is 14.3 Å². The highest BCUT2D eigenvalue weighted by molar-refractivity contribution is 6.20. The average molecular weight is 426 g/mol. The van der Waals surface area contributed by atoms with Crippen LogP contribution >= 0.6 is 11.8 Å². The Labute approximate surface area is 176 Å². The van der Waals surface area contributed by atoms with E-state index in [9.17, 15) is 9.59 Å². The lowest BCUT2D eigenvalue weighted by Crippen LogP contribution is -3.00. The molecule has 0 radical (unpaired) electrons. The second kappa shape index (κ2) is 9.45. The van der Waals surface area contributed by atoms with Crippen LogP contribution in [0, 0.1) is 0 Å². The number of benzene rings is 1. The molecule has 1 aromatic rings. The lowest BCUT2D eigenvalue weighted by Gasteiger charge is -2.46. The number of hydrogen-bond acceptors (Lipinski definition) is 4. The second-order valence-corrected chi connectivity index (χ2v) is 7.24. The third-order valence-corrected chi connectivity index (χ3v) is 5.28. The van der Waals surface area contributed by atoms with Gasteiger partial charge in [-0.15, -0.1) is 0 Å². The van der Waals surface area contributed by atoms with Gasteiger partial charge >= 0.3 is 5.97 Å². The average Bonchev–Trinajstić information content (AvgIpc) is 2.66. The molecule has 0 saturated carbocycles. The Morgan fingerprint density at radius 2 is 2.04 bits per heavy atom. The lowest BCUT2D eigenvalue weighted by atomic mass is 9.93. The van der Waals surface area contributed by atoms with E-state index in [2.05, 4.69) is 18.3 Å². The molecule has 2 heterocycles. The minimum absolute atomic E-state index is 0. The maximum absolute atomic E-state index is 13.0. The Hall–Kier alpha value is -2.02. The van der Waals surface area contributed by atoms with Crippen LogP contribution in [0.25, 0.3) is 0 Å². The lowest BCUT2D eigenvalue weighted by molar-refractivity contribution is -0.751. The van der Waals surface area contributed by atoms with Gasteiger partial charge in [-0.25, -0.2) is 4.79 Å². The van der Waals surface area contributed by atoms with Gasteiger partial charge in [0.05, 0.1) is 13.7 Å². The standard InChI is InChI=1S/C20H24ClN3O3.ClH/c1-4-27-20(26)17-13-23(21)18-15(11-10-14(2)24(18)19(17)25)12-22(3)16-8-6-5-7-9-16;/h5-9,12-14,18H,4,10-11H2,1-3H3;1H. The summed E-state index contributed by atoms with van der Waals surface area (Å²) in [5.41, 5.74) is 2.15. The van der Waals surface area contributed by atoms with E-state index in [-0.39, 0.29) is 36.5 Å². The Morgan fingerprint density at radius 3 is 2.68 bits per heavy atom.